The van der Waals surface area contributed by atoms with Crippen LogP contribution in [0.1, 0.15) is 0 Å². The Kier molecular flexibility index (Phi) is 3.03. The van der Waals surface area contributed by atoms with Crippen molar-refractivity contribution in [2.24, 2.45) is 0 Å². The molecule has 7 aromatic rings. The van der Waals surface area contributed by atoms with Crippen molar-refractivity contribution < 1.29 is 4.42 Å². The summed E-state index contributed by atoms with van der Waals surface area (Å²) in [6.07, 6.45) is 0. The van der Waals surface area contributed by atoms with Gasteiger partial charge in [0.05, 0.1) is 27.8 Å². The van der Waals surface area contributed by atoms with Gasteiger partial charge in [0.2, 0.25) is 5.78 Å². The highest BCUT2D eigenvalue weighted by Crippen LogP contribution is 2.34. The SMILES string of the molecule is Clc1ccc2nc3n(-c4ccc5c(c4)oc4ccccc45)c4ccccc4n3c2c1. The molecule has 0 aliphatic rings. The van der Waals surface area contributed by atoms with E-state index in [4.69, 9.17) is 21.0 Å². The minimum Gasteiger partial charge on any atom is -0.456 e. The zero-order valence-corrected chi connectivity index (χ0v) is 16.5. The van der Waals surface area contributed by atoms with Gasteiger partial charge in [-0.3, -0.25) is 8.97 Å². The highest BCUT2D eigenvalue weighted by atomic mass is 35.5. The average molecular weight is 408 g/mol. The van der Waals surface area contributed by atoms with Crippen molar-refractivity contribution in [3.05, 3.63) is 90.0 Å². The Morgan fingerprint density at radius 3 is 2.43 bits per heavy atom. The number of para-hydroxylation sites is 3. The number of rotatable bonds is 1. The highest BCUT2D eigenvalue weighted by molar-refractivity contribution is 6.31. The summed E-state index contributed by atoms with van der Waals surface area (Å²) in [6, 6.07) is 28.6. The van der Waals surface area contributed by atoms with Crippen molar-refractivity contribution in [1.29, 1.82) is 0 Å². The number of halogens is 1. The third-order valence-electron chi connectivity index (χ3n) is 5.78. The third-order valence-corrected chi connectivity index (χ3v) is 6.02. The monoisotopic (exact) mass is 407 g/mol. The van der Waals surface area contributed by atoms with Gasteiger partial charge in [-0.2, -0.15) is 0 Å². The molecule has 0 bridgehead atoms. The number of benzene rings is 4. The third kappa shape index (κ3) is 2.03. The first-order valence-corrected chi connectivity index (χ1v) is 10.1. The first kappa shape index (κ1) is 16.1. The zero-order chi connectivity index (χ0) is 19.8. The van der Waals surface area contributed by atoms with Crippen LogP contribution in [0.15, 0.2) is 89.3 Å². The number of imidazole rings is 2. The molecule has 3 heterocycles. The molecule has 0 fully saturated rings. The van der Waals surface area contributed by atoms with Gasteiger partial charge in [0, 0.05) is 21.9 Å². The molecule has 0 unspecified atom stereocenters. The maximum Gasteiger partial charge on any atom is 0.220 e. The highest BCUT2D eigenvalue weighted by Gasteiger charge is 2.18. The van der Waals surface area contributed by atoms with Gasteiger partial charge in [-0.25, -0.2) is 4.98 Å². The Labute approximate surface area is 175 Å². The van der Waals surface area contributed by atoms with E-state index in [2.05, 4.69) is 45.4 Å². The molecule has 0 aliphatic carbocycles. The van der Waals surface area contributed by atoms with Crippen molar-refractivity contribution in [3.63, 3.8) is 0 Å². The predicted molar refractivity (Wildman–Crippen MR) is 122 cm³/mol. The van der Waals surface area contributed by atoms with Gasteiger partial charge in [0.1, 0.15) is 11.2 Å². The van der Waals surface area contributed by atoms with Gasteiger partial charge in [-0.05, 0) is 48.5 Å². The molecule has 0 spiro atoms. The van der Waals surface area contributed by atoms with Crippen LogP contribution in [0.2, 0.25) is 5.02 Å². The Morgan fingerprint density at radius 1 is 0.700 bits per heavy atom. The number of furan rings is 1. The summed E-state index contributed by atoms with van der Waals surface area (Å²) in [6.45, 7) is 0. The van der Waals surface area contributed by atoms with Crippen LogP contribution in [-0.4, -0.2) is 14.0 Å². The van der Waals surface area contributed by atoms with Crippen molar-refractivity contribution in [2.45, 2.75) is 0 Å². The van der Waals surface area contributed by atoms with Crippen LogP contribution in [0.5, 0.6) is 0 Å². The quantitative estimate of drug-likeness (QED) is 0.294. The molecule has 4 aromatic carbocycles. The van der Waals surface area contributed by atoms with Gasteiger partial charge in [-0.1, -0.05) is 41.9 Å². The smallest absolute Gasteiger partial charge is 0.220 e. The van der Waals surface area contributed by atoms with Gasteiger partial charge in [0.25, 0.3) is 0 Å². The molecule has 5 heteroatoms. The molecule has 30 heavy (non-hydrogen) atoms. The number of hydrogen-bond acceptors (Lipinski definition) is 2. The first-order valence-electron chi connectivity index (χ1n) is 9.77. The fourth-order valence-electron chi connectivity index (χ4n) is 4.48. The van der Waals surface area contributed by atoms with E-state index in [0.717, 1.165) is 55.5 Å². The minimum absolute atomic E-state index is 0.699. The molecule has 0 radical (unpaired) electrons. The van der Waals surface area contributed by atoms with Gasteiger partial charge >= 0.3 is 0 Å². The van der Waals surface area contributed by atoms with Crippen LogP contribution in [0, 0.1) is 0 Å². The minimum atomic E-state index is 0.699. The van der Waals surface area contributed by atoms with Crippen molar-refractivity contribution in [1.82, 2.24) is 14.0 Å². The Hall–Kier alpha value is -3.76. The second-order valence-electron chi connectivity index (χ2n) is 7.48. The van der Waals surface area contributed by atoms with Crippen LogP contribution < -0.4 is 0 Å². The summed E-state index contributed by atoms with van der Waals surface area (Å²) in [5.41, 5.74) is 6.85. The average Bonchev–Trinajstić information content (AvgIpc) is 3.41. The van der Waals surface area contributed by atoms with E-state index in [-0.39, 0.29) is 0 Å². The molecular formula is C25H14ClN3O. The number of nitrogens with zero attached hydrogens (tertiary/aromatic N) is 3. The number of hydrogen-bond donors (Lipinski definition) is 0. The van der Waals surface area contributed by atoms with Crippen LogP contribution in [-0.2, 0) is 0 Å². The zero-order valence-electron chi connectivity index (χ0n) is 15.7. The summed E-state index contributed by atoms with van der Waals surface area (Å²) in [5.74, 6) is 0.851. The lowest BCUT2D eigenvalue weighted by atomic mass is 10.1. The van der Waals surface area contributed by atoms with Gasteiger partial charge < -0.3 is 4.42 Å². The van der Waals surface area contributed by atoms with E-state index in [1.54, 1.807) is 0 Å². The van der Waals surface area contributed by atoms with Gasteiger partial charge in [-0.15, -0.1) is 0 Å². The fraction of sp³-hybridized carbons (Fsp3) is 0. The predicted octanol–water partition coefficient (Wildman–Crippen LogP) is 6.98. The van der Waals surface area contributed by atoms with Crippen molar-refractivity contribution >= 4 is 61.4 Å². The largest absolute Gasteiger partial charge is 0.456 e. The Morgan fingerprint density at radius 2 is 1.50 bits per heavy atom. The summed E-state index contributed by atoms with van der Waals surface area (Å²) in [4.78, 5) is 4.93. The standard InChI is InChI=1S/C25H14ClN3O/c26-15-9-12-19-22(13-15)29-21-7-3-2-6-20(21)28(25(29)27-19)16-10-11-18-17-5-1-4-8-23(17)30-24(18)14-16/h1-14H. The van der Waals surface area contributed by atoms with Crippen molar-refractivity contribution in [3.8, 4) is 5.69 Å². The molecule has 4 nitrogen and oxygen atoms in total. The molecule has 0 amide bonds. The topological polar surface area (TPSA) is 35.4 Å². The molecule has 7 rings (SSSR count). The fourth-order valence-corrected chi connectivity index (χ4v) is 4.65. The Bertz CT molecular complexity index is 1770. The summed E-state index contributed by atoms with van der Waals surface area (Å²) >= 11 is 6.29. The van der Waals surface area contributed by atoms with E-state index in [1.165, 1.54) is 0 Å². The number of fused-ring (bicyclic) bond motifs is 8. The molecule has 3 aromatic heterocycles. The lowest BCUT2D eigenvalue weighted by Gasteiger charge is -2.05. The van der Waals surface area contributed by atoms with E-state index < -0.39 is 0 Å². The lowest BCUT2D eigenvalue weighted by Crippen LogP contribution is -1.94. The summed E-state index contributed by atoms with van der Waals surface area (Å²) in [7, 11) is 0. The molecular weight excluding hydrogens is 394 g/mol. The summed E-state index contributed by atoms with van der Waals surface area (Å²) < 4.78 is 10.5. The summed E-state index contributed by atoms with van der Waals surface area (Å²) in [5, 5.41) is 2.94. The first-order chi connectivity index (χ1) is 14.8. The van der Waals surface area contributed by atoms with Gasteiger partial charge in [0.15, 0.2) is 0 Å². The van der Waals surface area contributed by atoms with E-state index in [0.29, 0.717) is 5.02 Å². The molecule has 0 saturated heterocycles. The van der Waals surface area contributed by atoms with E-state index in [9.17, 15) is 0 Å². The second-order valence-corrected chi connectivity index (χ2v) is 7.92. The Balaban J connectivity index is 1.62. The van der Waals surface area contributed by atoms with E-state index in [1.807, 2.05) is 48.5 Å². The maximum atomic E-state index is 6.29. The maximum absolute atomic E-state index is 6.29. The molecule has 0 atom stereocenters. The molecule has 142 valence electrons. The van der Waals surface area contributed by atoms with Crippen molar-refractivity contribution in [2.75, 3.05) is 0 Å². The van der Waals surface area contributed by atoms with Crippen LogP contribution in [0.3, 0.4) is 0 Å². The molecule has 0 N–H and O–H groups in total. The van der Waals surface area contributed by atoms with Crippen LogP contribution in [0.25, 0.3) is 55.5 Å². The van der Waals surface area contributed by atoms with E-state index >= 15 is 0 Å². The van der Waals surface area contributed by atoms with Crippen LogP contribution in [0.4, 0.5) is 0 Å². The molecule has 0 saturated carbocycles. The van der Waals surface area contributed by atoms with Crippen LogP contribution >= 0.6 is 11.6 Å². The number of aromatic nitrogens is 3. The molecule has 0 aliphatic heterocycles. The lowest BCUT2D eigenvalue weighted by molar-refractivity contribution is 0.668. The second kappa shape index (κ2) is 5.65. The normalized spacial score (nSPS) is 12.2.